The molecule has 2 rings (SSSR count). The number of anilines is 2. The third kappa shape index (κ3) is 3.53. The van der Waals surface area contributed by atoms with Gasteiger partial charge in [0.15, 0.2) is 0 Å². The minimum Gasteiger partial charge on any atom is -0.478 e. The van der Waals surface area contributed by atoms with Gasteiger partial charge in [0.25, 0.3) is 5.91 Å². The van der Waals surface area contributed by atoms with Gasteiger partial charge >= 0.3 is 5.97 Å². The zero-order valence-electron chi connectivity index (χ0n) is 10.6. The standard InChI is InChI=1S/C14H10BrClN2O3/c15-7-1-3-10(13(17)19)12(5-7)18-8-2-4-9(14(20)21)11(16)6-8/h1-6,18H,(H2,17,19)(H,20,21). The summed E-state index contributed by atoms with van der Waals surface area (Å²) in [5.41, 5.74) is 6.68. The first-order valence-electron chi connectivity index (χ1n) is 5.77. The minimum atomic E-state index is -1.10. The van der Waals surface area contributed by atoms with Crippen molar-refractivity contribution in [1.29, 1.82) is 0 Å². The molecular weight excluding hydrogens is 360 g/mol. The predicted octanol–water partition coefficient (Wildman–Crippen LogP) is 3.64. The Balaban J connectivity index is 2.38. The average Bonchev–Trinajstić information content (AvgIpc) is 2.37. The topological polar surface area (TPSA) is 92.4 Å². The molecule has 0 aliphatic carbocycles. The molecule has 0 heterocycles. The summed E-state index contributed by atoms with van der Waals surface area (Å²) in [7, 11) is 0. The second-order valence-corrected chi connectivity index (χ2v) is 5.50. The van der Waals surface area contributed by atoms with Crippen LogP contribution in [-0.4, -0.2) is 17.0 Å². The number of carboxylic acids is 1. The maximum atomic E-state index is 11.4. The molecule has 108 valence electrons. The zero-order chi connectivity index (χ0) is 15.6. The summed E-state index contributed by atoms with van der Waals surface area (Å²) in [6, 6.07) is 9.39. The Hall–Kier alpha value is -2.05. The number of halogens is 2. The van der Waals surface area contributed by atoms with E-state index in [0.29, 0.717) is 16.9 Å². The number of nitrogens with two attached hydrogens (primary N) is 1. The van der Waals surface area contributed by atoms with Gasteiger partial charge < -0.3 is 16.2 Å². The largest absolute Gasteiger partial charge is 0.478 e. The van der Waals surface area contributed by atoms with Crippen LogP contribution >= 0.6 is 27.5 Å². The maximum absolute atomic E-state index is 11.4. The van der Waals surface area contributed by atoms with E-state index in [2.05, 4.69) is 21.2 Å². The molecule has 2 aromatic carbocycles. The average molecular weight is 370 g/mol. The number of carbonyl (C=O) groups excluding carboxylic acids is 1. The first-order chi connectivity index (χ1) is 9.88. The minimum absolute atomic E-state index is 0.00610. The van der Waals surface area contributed by atoms with Crippen molar-refractivity contribution in [3.05, 3.63) is 57.0 Å². The predicted molar refractivity (Wildman–Crippen MR) is 84.4 cm³/mol. The number of primary amides is 1. The third-order valence-corrected chi connectivity index (χ3v) is 3.53. The molecule has 0 aromatic heterocycles. The number of amides is 1. The van der Waals surface area contributed by atoms with Gasteiger partial charge in [0.2, 0.25) is 0 Å². The van der Waals surface area contributed by atoms with Crippen LogP contribution in [-0.2, 0) is 0 Å². The first kappa shape index (κ1) is 15.3. The van der Waals surface area contributed by atoms with Crippen LogP contribution in [0, 0.1) is 0 Å². The molecule has 0 radical (unpaired) electrons. The fourth-order valence-corrected chi connectivity index (χ4v) is 2.38. The highest BCUT2D eigenvalue weighted by Gasteiger charge is 2.12. The number of hydrogen-bond acceptors (Lipinski definition) is 3. The molecule has 1 amide bonds. The number of carboxylic acid groups (broad SMARTS) is 1. The molecule has 0 fully saturated rings. The maximum Gasteiger partial charge on any atom is 0.337 e. The second-order valence-electron chi connectivity index (χ2n) is 4.18. The Bertz CT molecular complexity index is 734. The highest BCUT2D eigenvalue weighted by Crippen LogP contribution is 2.27. The summed E-state index contributed by atoms with van der Waals surface area (Å²) in [5.74, 6) is -1.68. The monoisotopic (exact) mass is 368 g/mol. The summed E-state index contributed by atoms with van der Waals surface area (Å²) < 4.78 is 0.767. The summed E-state index contributed by atoms with van der Waals surface area (Å²) >= 11 is 9.21. The van der Waals surface area contributed by atoms with Crippen molar-refractivity contribution in [1.82, 2.24) is 0 Å². The zero-order valence-corrected chi connectivity index (χ0v) is 12.9. The fourth-order valence-electron chi connectivity index (χ4n) is 1.76. The summed E-state index contributed by atoms with van der Waals surface area (Å²) in [6.07, 6.45) is 0. The Morgan fingerprint density at radius 2 is 1.81 bits per heavy atom. The lowest BCUT2D eigenvalue weighted by molar-refractivity contribution is 0.0697. The van der Waals surface area contributed by atoms with Crippen molar-refractivity contribution in [2.24, 2.45) is 5.73 Å². The molecule has 2 aromatic rings. The quantitative estimate of drug-likeness (QED) is 0.767. The van der Waals surface area contributed by atoms with E-state index in [1.54, 1.807) is 24.3 Å². The molecule has 0 aliphatic heterocycles. The number of hydrogen-bond donors (Lipinski definition) is 3. The van der Waals surface area contributed by atoms with Gasteiger partial charge in [0.1, 0.15) is 0 Å². The molecule has 7 heteroatoms. The Morgan fingerprint density at radius 1 is 1.14 bits per heavy atom. The highest BCUT2D eigenvalue weighted by atomic mass is 79.9. The van der Waals surface area contributed by atoms with Gasteiger partial charge in [-0.2, -0.15) is 0 Å². The van der Waals surface area contributed by atoms with Gasteiger partial charge in [0, 0.05) is 10.2 Å². The smallest absolute Gasteiger partial charge is 0.337 e. The second kappa shape index (κ2) is 6.15. The van der Waals surface area contributed by atoms with Gasteiger partial charge in [-0.3, -0.25) is 4.79 Å². The number of aromatic carboxylic acids is 1. The Kier molecular flexibility index (Phi) is 4.50. The molecule has 0 atom stereocenters. The molecule has 0 saturated heterocycles. The molecule has 0 saturated carbocycles. The molecule has 5 nitrogen and oxygen atoms in total. The van der Waals surface area contributed by atoms with E-state index in [1.165, 1.54) is 12.1 Å². The number of benzene rings is 2. The lowest BCUT2D eigenvalue weighted by atomic mass is 10.1. The van der Waals surface area contributed by atoms with Gasteiger partial charge in [-0.15, -0.1) is 0 Å². The van der Waals surface area contributed by atoms with E-state index in [-0.39, 0.29) is 10.6 Å². The van der Waals surface area contributed by atoms with E-state index in [9.17, 15) is 9.59 Å². The lowest BCUT2D eigenvalue weighted by Crippen LogP contribution is -2.13. The Morgan fingerprint density at radius 3 is 2.38 bits per heavy atom. The van der Waals surface area contributed by atoms with E-state index in [1.807, 2.05) is 0 Å². The van der Waals surface area contributed by atoms with Gasteiger partial charge in [-0.25, -0.2) is 4.79 Å². The van der Waals surface area contributed by atoms with Crippen molar-refractivity contribution in [2.75, 3.05) is 5.32 Å². The van der Waals surface area contributed by atoms with Gasteiger partial charge in [-0.1, -0.05) is 27.5 Å². The summed E-state index contributed by atoms with van der Waals surface area (Å²) in [5, 5.41) is 12.0. The summed E-state index contributed by atoms with van der Waals surface area (Å²) in [4.78, 5) is 22.3. The van der Waals surface area contributed by atoms with Crippen molar-refractivity contribution < 1.29 is 14.7 Å². The van der Waals surface area contributed by atoms with Crippen molar-refractivity contribution in [2.45, 2.75) is 0 Å². The van der Waals surface area contributed by atoms with Crippen molar-refractivity contribution in [3.8, 4) is 0 Å². The number of carbonyl (C=O) groups is 2. The van der Waals surface area contributed by atoms with E-state index < -0.39 is 11.9 Å². The molecule has 0 spiro atoms. The lowest BCUT2D eigenvalue weighted by Gasteiger charge is -2.11. The molecule has 4 N–H and O–H groups in total. The van der Waals surface area contributed by atoms with Crippen LogP contribution in [0.2, 0.25) is 5.02 Å². The van der Waals surface area contributed by atoms with E-state index in [0.717, 1.165) is 4.47 Å². The van der Waals surface area contributed by atoms with Crippen LogP contribution in [0.15, 0.2) is 40.9 Å². The number of rotatable bonds is 4. The van der Waals surface area contributed by atoms with Crippen LogP contribution < -0.4 is 11.1 Å². The summed E-state index contributed by atoms with van der Waals surface area (Å²) in [6.45, 7) is 0. The molecule has 0 bridgehead atoms. The van der Waals surface area contributed by atoms with Crippen LogP contribution in [0.1, 0.15) is 20.7 Å². The van der Waals surface area contributed by atoms with Crippen LogP contribution in [0.5, 0.6) is 0 Å². The van der Waals surface area contributed by atoms with E-state index in [4.69, 9.17) is 22.4 Å². The fraction of sp³-hybridized carbons (Fsp3) is 0. The highest BCUT2D eigenvalue weighted by molar-refractivity contribution is 9.10. The molecular formula is C14H10BrClN2O3. The first-order valence-corrected chi connectivity index (χ1v) is 6.95. The molecule has 21 heavy (non-hydrogen) atoms. The van der Waals surface area contributed by atoms with Crippen LogP contribution in [0.4, 0.5) is 11.4 Å². The molecule has 0 aliphatic rings. The van der Waals surface area contributed by atoms with Crippen LogP contribution in [0.25, 0.3) is 0 Å². The van der Waals surface area contributed by atoms with Crippen LogP contribution in [0.3, 0.4) is 0 Å². The molecule has 0 unspecified atom stereocenters. The van der Waals surface area contributed by atoms with E-state index >= 15 is 0 Å². The third-order valence-electron chi connectivity index (χ3n) is 2.73. The SMILES string of the molecule is NC(=O)c1ccc(Br)cc1Nc1ccc(C(=O)O)c(Cl)c1. The van der Waals surface area contributed by atoms with Crippen molar-refractivity contribution >= 4 is 50.8 Å². The van der Waals surface area contributed by atoms with Crippen molar-refractivity contribution in [3.63, 3.8) is 0 Å². The van der Waals surface area contributed by atoms with Gasteiger partial charge in [-0.05, 0) is 36.4 Å². The Labute approximate surface area is 133 Å². The van der Waals surface area contributed by atoms with Gasteiger partial charge in [0.05, 0.1) is 21.8 Å². The number of nitrogens with one attached hydrogen (secondary N) is 1. The normalized spacial score (nSPS) is 10.2.